The predicted octanol–water partition coefficient (Wildman–Crippen LogP) is 0.717. The molecule has 7 heteroatoms. The zero-order valence-corrected chi connectivity index (χ0v) is 11.7. The zero-order chi connectivity index (χ0) is 14.5. The molecule has 0 saturated carbocycles. The van der Waals surface area contributed by atoms with E-state index in [2.05, 4.69) is 15.7 Å². The molecule has 1 aromatic heterocycles. The Labute approximate surface area is 112 Å². The van der Waals surface area contributed by atoms with E-state index in [1.807, 2.05) is 0 Å². The molecule has 0 aromatic carbocycles. The van der Waals surface area contributed by atoms with Gasteiger partial charge in [0, 0.05) is 26.2 Å². The van der Waals surface area contributed by atoms with Gasteiger partial charge in [-0.05, 0) is 20.8 Å². The first kappa shape index (κ1) is 15.0. The van der Waals surface area contributed by atoms with E-state index in [1.165, 1.54) is 10.7 Å². The molecule has 1 rings (SSSR count). The fourth-order valence-electron chi connectivity index (χ4n) is 1.25. The van der Waals surface area contributed by atoms with Crippen LogP contribution in [0.3, 0.4) is 0 Å². The molecule has 0 atom stereocenters. The molecule has 1 aromatic rings. The Bertz CT molecular complexity index is 490. The molecule has 0 aliphatic carbocycles. The highest BCUT2D eigenvalue weighted by atomic mass is 16.6. The van der Waals surface area contributed by atoms with E-state index in [0.29, 0.717) is 18.8 Å². The van der Waals surface area contributed by atoms with Gasteiger partial charge in [0.1, 0.15) is 5.60 Å². The summed E-state index contributed by atoms with van der Waals surface area (Å²) in [5.41, 5.74) is -0.0771. The molecule has 0 saturated heterocycles. The van der Waals surface area contributed by atoms with Gasteiger partial charge in [-0.2, -0.15) is 5.10 Å². The third-order valence-corrected chi connectivity index (χ3v) is 2.09. The number of aromatic nitrogens is 2. The average molecular weight is 268 g/mol. The second-order valence-corrected chi connectivity index (χ2v) is 5.06. The van der Waals surface area contributed by atoms with Gasteiger partial charge in [0.15, 0.2) is 0 Å². The van der Waals surface area contributed by atoms with Crippen molar-refractivity contribution in [2.75, 3.05) is 18.4 Å². The van der Waals surface area contributed by atoms with E-state index >= 15 is 0 Å². The molecule has 1 heterocycles. The number of carbonyl (C=O) groups is 1. The molecule has 19 heavy (non-hydrogen) atoms. The first-order valence-corrected chi connectivity index (χ1v) is 6.02. The Morgan fingerprint density at radius 2 is 2.11 bits per heavy atom. The minimum atomic E-state index is -0.507. The van der Waals surface area contributed by atoms with Crippen LogP contribution in [0.2, 0.25) is 0 Å². The lowest BCUT2D eigenvalue weighted by atomic mass is 10.2. The standard InChI is InChI=1S/C12H20N4O3/c1-12(2,3)19-11(18)14-6-5-13-9-7-10(17)16(4)15-8-9/h7-8,13H,5-6H2,1-4H3,(H,14,18). The molecule has 0 aliphatic heterocycles. The zero-order valence-electron chi connectivity index (χ0n) is 11.7. The van der Waals surface area contributed by atoms with E-state index in [-0.39, 0.29) is 5.56 Å². The van der Waals surface area contributed by atoms with Crippen LogP contribution in [0.1, 0.15) is 20.8 Å². The molecule has 2 N–H and O–H groups in total. The number of alkyl carbamates (subject to hydrolysis) is 1. The third kappa shape index (κ3) is 5.89. The quantitative estimate of drug-likeness (QED) is 0.786. The Balaban J connectivity index is 2.29. The van der Waals surface area contributed by atoms with Crippen molar-refractivity contribution in [3.05, 3.63) is 22.6 Å². The normalized spacial score (nSPS) is 10.9. The highest BCUT2D eigenvalue weighted by molar-refractivity contribution is 5.67. The van der Waals surface area contributed by atoms with Crippen molar-refractivity contribution < 1.29 is 9.53 Å². The van der Waals surface area contributed by atoms with E-state index in [9.17, 15) is 9.59 Å². The fourth-order valence-corrected chi connectivity index (χ4v) is 1.25. The number of aryl methyl sites for hydroxylation is 1. The van der Waals surface area contributed by atoms with Crippen LogP contribution in [0.4, 0.5) is 10.5 Å². The van der Waals surface area contributed by atoms with Crippen molar-refractivity contribution in [2.45, 2.75) is 26.4 Å². The van der Waals surface area contributed by atoms with Crippen LogP contribution in [0.15, 0.2) is 17.1 Å². The number of anilines is 1. The summed E-state index contributed by atoms with van der Waals surface area (Å²) in [6.07, 6.45) is 1.09. The van der Waals surface area contributed by atoms with Gasteiger partial charge < -0.3 is 15.4 Å². The van der Waals surface area contributed by atoms with Gasteiger partial charge in [0.2, 0.25) is 0 Å². The predicted molar refractivity (Wildman–Crippen MR) is 72.2 cm³/mol. The highest BCUT2D eigenvalue weighted by Crippen LogP contribution is 2.06. The van der Waals surface area contributed by atoms with Gasteiger partial charge >= 0.3 is 6.09 Å². The summed E-state index contributed by atoms with van der Waals surface area (Å²) in [7, 11) is 1.58. The number of nitrogens with one attached hydrogen (secondary N) is 2. The summed E-state index contributed by atoms with van der Waals surface area (Å²) in [5, 5.41) is 9.46. The minimum Gasteiger partial charge on any atom is -0.444 e. The number of amides is 1. The van der Waals surface area contributed by atoms with E-state index in [4.69, 9.17) is 4.74 Å². The molecule has 0 aliphatic rings. The molecular weight excluding hydrogens is 248 g/mol. The summed E-state index contributed by atoms with van der Waals surface area (Å²) in [6, 6.07) is 1.44. The number of nitrogens with zero attached hydrogens (tertiary/aromatic N) is 2. The first-order chi connectivity index (χ1) is 8.78. The lowest BCUT2D eigenvalue weighted by Crippen LogP contribution is -2.35. The van der Waals surface area contributed by atoms with Crippen LogP contribution in [0.25, 0.3) is 0 Å². The molecule has 0 unspecified atom stereocenters. The maximum absolute atomic E-state index is 11.3. The third-order valence-electron chi connectivity index (χ3n) is 2.09. The lowest BCUT2D eigenvalue weighted by Gasteiger charge is -2.19. The number of hydrogen-bond donors (Lipinski definition) is 2. The van der Waals surface area contributed by atoms with Gasteiger partial charge in [0.05, 0.1) is 11.9 Å². The van der Waals surface area contributed by atoms with Crippen molar-refractivity contribution in [3.63, 3.8) is 0 Å². The number of hydrogen-bond acceptors (Lipinski definition) is 5. The summed E-state index contributed by atoms with van der Waals surface area (Å²) < 4.78 is 6.32. The van der Waals surface area contributed by atoms with Crippen molar-refractivity contribution in [3.8, 4) is 0 Å². The highest BCUT2D eigenvalue weighted by Gasteiger charge is 2.15. The summed E-state index contributed by atoms with van der Waals surface area (Å²) in [5.74, 6) is 0. The lowest BCUT2D eigenvalue weighted by molar-refractivity contribution is 0.0530. The topological polar surface area (TPSA) is 85.2 Å². The van der Waals surface area contributed by atoms with E-state index < -0.39 is 11.7 Å². The second-order valence-electron chi connectivity index (χ2n) is 5.06. The van der Waals surface area contributed by atoms with Crippen LogP contribution < -0.4 is 16.2 Å². The summed E-state index contributed by atoms with van der Waals surface area (Å²) in [4.78, 5) is 22.7. The van der Waals surface area contributed by atoms with Crippen LogP contribution in [0.5, 0.6) is 0 Å². The van der Waals surface area contributed by atoms with Crippen LogP contribution in [-0.2, 0) is 11.8 Å². The van der Waals surface area contributed by atoms with Crippen molar-refractivity contribution in [1.82, 2.24) is 15.1 Å². The molecule has 7 nitrogen and oxygen atoms in total. The van der Waals surface area contributed by atoms with Crippen LogP contribution >= 0.6 is 0 Å². The molecule has 106 valence electrons. The van der Waals surface area contributed by atoms with Crippen LogP contribution in [-0.4, -0.2) is 34.6 Å². The monoisotopic (exact) mass is 268 g/mol. The van der Waals surface area contributed by atoms with Gasteiger partial charge in [0.25, 0.3) is 5.56 Å². The number of ether oxygens (including phenoxy) is 1. The van der Waals surface area contributed by atoms with Gasteiger partial charge in [-0.25, -0.2) is 9.48 Å². The van der Waals surface area contributed by atoms with Gasteiger partial charge in [-0.3, -0.25) is 4.79 Å². The molecule has 1 amide bonds. The van der Waals surface area contributed by atoms with E-state index in [0.717, 1.165) is 0 Å². The second kappa shape index (κ2) is 6.21. The molecule has 0 radical (unpaired) electrons. The van der Waals surface area contributed by atoms with Crippen molar-refractivity contribution in [2.24, 2.45) is 7.05 Å². The first-order valence-electron chi connectivity index (χ1n) is 6.02. The largest absolute Gasteiger partial charge is 0.444 e. The molecular formula is C12H20N4O3. The average Bonchev–Trinajstić information content (AvgIpc) is 2.27. The maximum atomic E-state index is 11.3. The molecule has 0 fully saturated rings. The SMILES string of the molecule is Cn1ncc(NCCNC(=O)OC(C)(C)C)cc1=O. The number of rotatable bonds is 4. The number of carbonyl (C=O) groups excluding carboxylic acids is 1. The summed E-state index contributed by atoms with van der Waals surface area (Å²) >= 11 is 0. The Kier molecular flexibility index (Phi) is 4.91. The Hall–Kier alpha value is -2.05. The van der Waals surface area contributed by atoms with Crippen molar-refractivity contribution in [1.29, 1.82) is 0 Å². The molecule has 0 bridgehead atoms. The minimum absolute atomic E-state index is 0.190. The smallest absolute Gasteiger partial charge is 0.407 e. The van der Waals surface area contributed by atoms with Gasteiger partial charge in [-0.1, -0.05) is 0 Å². The van der Waals surface area contributed by atoms with Crippen LogP contribution in [0, 0.1) is 0 Å². The van der Waals surface area contributed by atoms with Gasteiger partial charge in [-0.15, -0.1) is 0 Å². The fraction of sp³-hybridized carbons (Fsp3) is 0.583. The Morgan fingerprint density at radius 1 is 1.42 bits per heavy atom. The van der Waals surface area contributed by atoms with E-state index in [1.54, 1.807) is 34.0 Å². The summed E-state index contributed by atoms with van der Waals surface area (Å²) in [6.45, 7) is 6.28. The maximum Gasteiger partial charge on any atom is 0.407 e. The Morgan fingerprint density at radius 3 is 2.68 bits per heavy atom. The van der Waals surface area contributed by atoms with Crippen molar-refractivity contribution >= 4 is 11.8 Å². The molecule has 0 spiro atoms.